The molecule has 0 amide bonds. The molecule has 0 aliphatic heterocycles. The van der Waals surface area contributed by atoms with E-state index in [-0.39, 0.29) is 6.04 Å². The summed E-state index contributed by atoms with van der Waals surface area (Å²) in [4.78, 5) is 0. The van der Waals surface area contributed by atoms with E-state index in [9.17, 15) is 0 Å². The van der Waals surface area contributed by atoms with E-state index in [2.05, 4.69) is 37.4 Å². The van der Waals surface area contributed by atoms with Gasteiger partial charge in [0, 0.05) is 18.6 Å². The van der Waals surface area contributed by atoms with E-state index in [1.807, 2.05) is 0 Å². The van der Waals surface area contributed by atoms with E-state index in [4.69, 9.17) is 5.73 Å². The van der Waals surface area contributed by atoms with Crippen LogP contribution in [0.15, 0.2) is 18.2 Å². The highest BCUT2D eigenvalue weighted by Crippen LogP contribution is 2.21. The zero-order chi connectivity index (χ0) is 10.8. The van der Waals surface area contributed by atoms with Crippen LogP contribution in [0.5, 0.6) is 0 Å². The summed E-state index contributed by atoms with van der Waals surface area (Å²) in [5.41, 5.74) is 10.0. The summed E-state index contributed by atoms with van der Waals surface area (Å²) in [6.45, 7) is 5.14. The van der Waals surface area contributed by atoms with E-state index >= 15 is 0 Å². The van der Waals surface area contributed by atoms with Crippen LogP contribution in [0.25, 0.3) is 0 Å². The molecule has 1 aromatic carbocycles. The Morgan fingerprint density at radius 3 is 2.80 bits per heavy atom. The number of nitrogens with two attached hydrogens (primary N) is 1. The number of hydrogen-bond acceptors (Lipinski definition) is 2. The molecule has 0 radical (unpaired) electrons. The van der Waals surface area contributed by atoms with Crippen LogP contribution in [0.1, 0.15) is 35.6 Å². The van der Waals surface area contributed by atoms with Gasteiger partial charge in [-0.25, -0.2) is 0 Å². The molecule has 1 aliphatic carbocycles. The fourth-order valence-electron chi connectivity index (χ4n) is 1.85. The number of aryl methyl sites for hydroxylation is 2. The average molecular weight is 204 g/mol. The Hall–Kier alpha value is -0.860. The zero-order valence-corrected chi connectivity index (χ0v) is 9.59. The molecule has 2 nitrogen and oxygen atoms in total. The average Bonchev–Trinajstić information content (AvgIpc) is 3.02. The summed E-state index contributed by atoms with van der Waals surface area (Å²) >= 11 is 0. The second kappa shape index (κ2) is 4.33. The van der Waals surface area contributed by atoms with Crippen molar-refractivity contribution in [1.82, 2.24) is 5.32 Å². The molecular weight excluding hydrogens is 184 g/mol. The third-order valence-corrected chi connectivity index (χ3v) is 3.04. The molecule has 1 aliphatic rings. The first-order chi connectivity index (χ1) is 7.16. The molecule has 1 saturated carbocycles. The summed E-state index contributed by atoms with van der Waals surface area (Å²) in [7, 11) is 0. The lowest BCUT2D eigenvalue weighted by Gasteiger charge is -2.16. The Balaban J connectivity index is 2.02. The van der Waals surface area contributed by atoms with E-state index in [1.54, 1.807) is 0 Å². The second-order valence-electron chi connectivity index (χ2n) is 4.65. The van der Waals surface area contributed by atoms with Gasteiger partial charge in [-0.3, -0.25) is 0 Å². The first-order valence-electron chi connectivity index (χ1n) is 5.73. The van der Waals surface area contributed by atoms with Gasteiger partial charge in [0.15, 0.2) is 0 Å². The molecule has 0 bridgehead atoms. The van der Waals surface area contributed by atoms with Gasteiger partial charge in [0.05, 0.1) is 0 Å². The summed E-state index contributed by atoms with van der Waals surface area (Å²) in [6, 6.07) is 7.36. The molecule has 1 fully saturated rings. The van der Waals surface area contributed by atoms with Gasteiger partial charge in [0.1, 0.15) is 0 Å². The SMILES string of the molecule is Cc1ccc(C)c(C(N)CNC2CC2)c1. The largest absolute Gasteiger partial charge is 0.323 e. The lowest BCUT2D eigenvalue weighted by Crippen LogP contribution is -2.28. The smallest absolute Gasteiger partial charge is 0.0424 e. The van der Waals surface area contributed by atoms with Crippen molar-refractivity contribution in [2.24, 2.45) is 5.73 Å². The van der Waals surface area contributed by atoms with Crippen molar-refractivity contribution in [1.29, 1.82) is 0 Å². The molecule has 82 valence electrons. The first-order valence-corrected chi connectivity index (χ1v) is 5.73. The van der Waals surface area contributed by atoms with E-state index in [0.717, 1.165) is 12.6 Å². The standard InChI is InChI=1S/C13H20N2/c1-9-3-4-10(2)12(7-9)13(14)8-15-11-5-6-11/h3-4,7,11,13,15H,5-6,8,14H2,1-2H3. The first kappa shape index (κ1) is 10.7. The highest BCUT2D eigenvalue weighted by atomic mass is 15.0. The fraction of sp³-hybridized carbons (Fsp3) is 0.538. The summed E-state index contributed by atoms with van der Waals surface area (Å²) in [6.07, 6.45) is 2.64. The van der Waals surface area contributed by atoms with Crippen LogP contribution < -0.4 is 11.1 Å². The molecule has 0 heterocycles. The van der Waals surface area contributed by atoms with Gasteiger partial charge in [-0.2, -0.15) is 0 Å². The van der Waals surface area contributed by atoms with E-state index in [1.165, 1.54) is 29.5 Å². The highest BCUT2D eigenvalue weighted by Gasteiger charge is 2.21. The molecule has 2 heteroatoms. The van der Waals surface area contributed by atoms with Gasteiger partial charge in [-0.05, 0) is 37.8 Å². The maximum atomic E-state index is 6.18. The highest BCUT2D eigenvalue weighted by molar-refractivity contribution is 5.33. The minimum Gasteiger partial charge on any atom is -0.323 e. The number of benzene rings is 1. The van der Waals surface area contributed by atoms with Crippen LogP contribution in [0, 0.1) is 13.8 Å². The van der Waals surface area contributed by atoms with Gasteiger partial charge in [0.2, 0.25) is 0 Å². The summed E-state index contributed by atoms with van der Waals surface area (Å²) < 4.78 is 0. The predicted molar refractivity (Wildman–Crippen MR) is 63.9 cm³/mol. The Kier molecular flexibility index (Phi) is 3.08. The predicted octanol–water partition coefficient (Wildman–Crippen LogP) is 2.06. The zero-order valence-electron chi connectivity index (χ0n) is 9.59. The van der Waals surface area contributed by atoms with Crippen LogP contribution >= 0.6 is 0 Å². The Morgan fingerprint density at radius 2 is 2.13 bits per heavy atom. The van der Waals surface area contributed by atoms with E-state index in [0.29, 0.717) is 0 Å². The van der Waals surface area contributed by atoms with Gasteiger partial charge in [-0.15, -0.1) is 0 Å². The topological polar surface area (TPSA) is 38.0 Å². The van der Waals surface area contributed by atoms with Crippen molar-refractivity contribution in [3.8, 4) is 0 Å². The summed E-state index contributed by atoms with van der Waals surface area (Å²) in [5.74, 6) is 0. The number of hydrogen-bond donors (Lipinski definition) is 2. The second-order valence-corrected chi connectivity index (χ2v) is 4.65. The third kappa shape index (κ3) is 2.80. The van der Waals surface area contributed by atoms with Crippen molar-refractivity contribution in [3.05, 3.63) is 34.9 Å². The maximum Gasteiger partial charge on any atom is 0.0424 e. The molecule has 3 N–H and O–H groups in total. The molecule has 1 unspecified atom stereocenters. The molecule has 2 rings (SSSR count). The Bertz CT molecular complexity index is 342. The normalized spacial score (nSPS) is 17.8. The van der Waals surface area contributed by atoms with Crippen molar-refractivity contribution in [3.63, 3.8) is 0 Å². The molecule has 0 saturated heterocycles. The van der Waals surface area contributed by atoms with Gasteiger partial charge < -0.3 is 11.1 Å². The lowest BCUT2D eigenvalue weighted by atomic mass is 9.99. The molecule has 1 aromatic rings. The maximum absolute atomic E-state index is 6.18. The summed E-state index contributed by atoms with van der Waals surface area (Å²) in [5, 5.41) is 3.48. The van der Waals surface area contributed by atoms with Crippen LogP contribution in [0.4, 0.5) is 0 Å². The van der Waals surface area contributed by atoms with Gasteiger partial charge in [0.25, 0.3) is 0 Å². The molecule has 1 atom stereocenters. The van der Waals surface area contributed by atoms with Crippen molar-refractivity contribution in [2.45, 2.75) is 38.8 Å². The fourth-order valence-corrected chi connectivity index (χ4v) is 1.85. The molecule has 0 spiro atoms. The lowest BCUT2D eigenvalue weighted by molar-refractivity contribution is 0.593. The van der Waals surface area contributed by atoms with Crippen LogP contribution in [0.3, 0.4) is 0 Å². The third-order valence-electron chi connectivity index (χ3n) is 3.04. The minimum absolute atomic E-state index is 0.130. The number of rotatable bonds is 4. The van der Waals surface area contributed by atoms with E-state index < -0.39 is 0 Å². The minimum atomic E-state index is 0.130. The van der Waals surface area contributed by atoms with Gasteiger partial charge >= 0.3 is 0 Å². The Morgan fingerprint density at radius 1 is 1.40 bits per heavy atom. The van der Waals surface area contributed by atoms with Crippen LogP contribution in [0.2, 0.25) is 0 Å². The molecular formula is C13H20N2. The number of nitrogens with one attached hydrogen (secondary N) is 1. The van der Waals surface area contributed by atoms with Crippen molar-refractivity contribution < 1.29 is 0 Å². The van der Waals surface area contributed by atoms with Crippen molar-refractivity contribution in [2.75, 3.05) is 6.54 Å². The van der Waals surface area contributed by atoms with Crippen LogP contribution in [-0.2, 0) is 0 Å². The van der Waals surface area contributed by atoms with Crippen molar-refractivity contribution >= 4 is 0 Å². The Labute approximate surface area is 91.9 Å². The molecule has 15 heavy (non-hydrogen) atoms. The monoisotopic (exact) mass is 204 g/mol. The quantitative estimate of drug-likeness (QED) is 0.788. The van der Waals surface area contributed by atoms with Gasteiger partial charge in [-0.1, -0.05) is 23.8 Å². The molecule has 0 aromatic heterocycles. The van der Waals surface area contributed by atoms with Crippen LogP contribution in [-0.4, -0.2) is 12.6 Å².